The number of fused-ring (bicyclic) bond motifs is 1. The van der Waals surface area contributed by atoms with Crippen LogP contribution in [-0.2, 0) is 0 Å². The average molecular weight is 356 g/mol. The van der Waals surface area contributed by atoms with Gasteiger partial charge in [0.25, 0.3) is 11.6 Å². The Morgan fingerprint density at radius 2 is 1.92 bits per heavy atom. The van der Waals surface area contributed by atoms with Gasteiger partial charge >= 0.3 is 0 Å². The first-order valence-electron chi connectivity index (χ1n) is 7.48. The Labute approximate surface area is 148 Å². The van der Waals surface area contributed by atoms with Crippen molar-refractivity contribution in [2.45, 2.75) is 13.8 Å². The topological polar surface area (TPSA) is 85.1 Å². The van der Waals surface area contributed by atoms with Crippen molar-refractivity contribution in [1.82, 2.24) is 4.98 Å². The number of pyridine rings is 1. The number of amides is 1. The zero-order valence-corrected chi connectivity index (χ0v) is 14.3. The number of rotatable bonds is 3. The van der Waals surface area contributed by atoms with Crippen LogP contribution in [0.3, 0.4) is 0 Å². The molecule has 0 spiro atoms. The van der Waals surface area contributed by atoms with E-state index in [1.54, 1.807) is 6.07 Å². The van der Waals surface area contributed by atoms with Crippen molar-refractivity contribution in [3.05, 3.63) is 74.4 Å². The Morgan fingerprint density at radius 3 is 2.64 bits per heavy atom. The summed E-state index contributed by atoms with van der Waals surface area (Å²) in [6, 6.07) is 11.5. The summed E-state index contributed by atoms with van der Waals surface area (Å²) < 4.78 is 0. The number of nitro benzene ring substituents is 1. The van der Waals surface area contributed by atoms with E-state index in [0.29, 0.717) is 16.9 Å². The van der Waals surface area contributed by atoms with Gasteiger partial charge in [0.1, 0.15) is 5.02 Å². The Hall–Kier alpha value is -2.99. The predicted molar refractivity (Wildman–Crippen MR) is 97.3 cm³/mol. The van der Waals surface area contributed by atoms with Crippen LogP contribution in [0.2, 0.25) is 5.02 Å². The highest BCUT2D eigenvalue weighted by atomic mass is 35.5. The number of aromatic nitrogens is 1. The van der Waals surface area contributed by atoms with E-state index in [-0.39, 0.29) is 16.6 Å². The molecule has 1 amide bonds. The van der Waals surface area contributed by atoms with Gasteiger partial charge in [-0.3, -0.25) is 19.9 Å². The lowest BCUT2D eigenvalue weighted by molar-refractivity contribution is -0.384. The molecule has 0 fully saturated rings. The first-order chi connectivity index (χ1) is 11.8. The van der Waals surface area contributed by atoms with Gasteiger partial charge in [0, 0.05) is 22.8 Å². The quantitative estimate of drug-likeness (QED) is 0.546. The van der Waals surface area contributed by atoms with Crippen LogP contribution in [0.15, 0.2) is 42.5 Å². The lowest BCUT2D eigenvalue weighted by Gasteiger charge is -2.10. The van der Waals surface area contributed by atoms with Crippen LogP contribution < -0.4 is 5.32 Å². The monoisotopic (exact) mass is 355 g/mol. The molecule has 6 nitrogen and oxygen atoms in total. The molecule has 0 bridgehead atoms. The number of carbonyl (C=O) groups is 1. The first kappa shape index (κ1) is 16.9. The maximum Gasteiger partial charge on any atom is 0.289 e. The molecule has 0 aliphatic heterocycles. The molecular formula is C18H14ClN3O3. The van der Waals surface area contributed by atoms with Crippen LogP contribution in [0.25, 0.3) is 10.9 Å². The summed E-state index contributed by atoms with van der Waals surface area (Å²) in [5, 5.41) is 14.4. The molecule has 0 radical (unpaired) electrons. The van der Waals surface area contributed by atoms with Crippen molar-refractivity contribution < 1.29 is 9.72 Å². The summed E-state index contributed by atoms with van der Waals surface area (Å²) >= 11 is 5.80. The highest BCUT2D eigenvalue weighted by Crippen LogP contribution is 2.28. The minimum atomic E-state index is -0.590. The maximum absolute atomic E-state index is 12.7. The van der Waals surface area contributed by atoms with Crippen LogP contribution in [0.1, 0.15) is 21.6 Å². The fraction of sp³-hybridized carbons (Fsp3) is 0.111. The zero-order valence-electron chi connectivity index (χ0n) is 13.5. The van der Waals surface area contributed by atoms with Gasteiger partial charge < -0.3 is 5.32 Å². The Morgan fingerprint density at radius 1 is 1.16 bits per heavy atom. The Bertz CT molecular complexity index is 1020. The maximum atomic E-state index is 12.7. The van der Waals surface area contributed by atoms with Crippen LogP contribution >= 0.6 is 11.6 Å². The zero-order chi connectivity index (χ0) is 18.1. The number of nitro groups is 1. The van der Waals surface area contributed by atoms with E-state index >= 15 is 0 Å². The van der Waals surface area contributed by atoms with Gasteiger partial charge in [-0.25, -0.2) is 0 Å². The fourth-order valence-electron chi connectivity index (χ4n) is 2.59. The SMILES string of the molecule is Cc1ccc2nc(C)cc(C(=O)Nc3ccc(Cl)c([N+](=O)[O-])c3)c2c1. The van der Waals surface area contributed by atoms with E-state index in [1.165, 1.54) is 18.2 Å². The van der Waals surface area contributed by atoms with Gasteiger partial charge in [-0.05, 0) is 44.2 Å². The summed E-state index contributed by atoms with van der Waals surface area (Å²) in [6.07, 6.45) is 0. The van der Waals surface area contributed by atoms with Crippen LogP contribution in [-0.4, -0.2) is 15.8 Å². The minimum absolute atomic E-state index is 0.0174. The van der Waals surface area contributed by atoms with Gasteiger partial charge in [0.05, 0.1) is 16.0 Å². The molecule has 1 heterocycles. The molecule has 3 aromatic rings. The highest BCUT2D eigenvalue weighted by molar-refractivity contribution is 6.32. The van der Waals surface area contributed by atoms with Gasteiger partial charge in [-0.2, -0.15) is 0 Å². The molecule has 7 heteroatoms. The molecule has 126 valence electrons. The lowest BCUT2D eigenvalue weighted by Crippen LogP contribution is -2.13. The van der Waals surface area contributed by atoms with Crippen molar-refractivity contribution in [2.75, 3.05) is 5.32 Å². The number of nitrogens with zero attached hydrogens (tertiary/aromatic N) is 2. The van der Waals surface area contributed by atoms with E-state index < -0.39 is 4.92 Å². The van der Waals surface area contributed by atoms with Crippen molar-refractivity contribution in [2.24, 2.45) is 0 Å². The number of hydrogen-bond donors (Lipinski definition) is 1. The Balaban J connectivity index is 2.02. The molecule has 0 aliphatic rings. The second-order valence-electron chi connectivity index (χ2n) is 5.71. The summed E-state index contributed by atoms with van der Waals surface area (Å²) in [4.78, 5) is 27.5. The van der Waals surface area contributed by atoms with E-state index in [4.69, 9.17) is 11.6 Å². The number of hydrogen-bond acceptors (Lipinski definition) is 4. The number of anilines is 1. The van der Waals surface area contributed by atoms with Gasteiger partial charge in [-0.1, -0.05) is 23.2 Å². The van der Waals surface area contributed by atoms with E-state index in [2.05, 4.69) is 10.3 Å². The molecule has 0 saturated heterocycles. The van der Waals surface area contributed by atoms with Gasteiger partial charge in [-0.15, -0.1) is 0 Å². The van der Waals surface area contributed by atoms with Crippen LogP contribution in [0.5, 0.6) is 0 Å². The molecule has 0 saturated carbocycles. The van der Waals surface area contributed by atoms with Crippen molar-refractivity contribution >= 4 is 39.8 Å². The number of carbonyl (C=O) groups excluding carboxylic acids is 1. The number of nitrogens with one attached hydrogen (secondary N) is 1. The molecule has 3 rings (SSSR count). The smallest absolute Gasteiger partial charge is 0.289 e. The molecule has 25 heavy (non-hydrogen) atoms. The predicted octanol–water partition coefficient (Wildman–Crippen LogP) is 4.67. The van der Waals surface area contributed by atoms with Crippen molar-refractivity contribution in [3.63, 3.8) is 0 Å². The van der Waals surface area contributed by atoms with Gasteiger partial charge in [0.2, 0.25) is 0 Å². The lowest BCUT2D eigenvalue weighted by atomic mass is 10.0. The second kappa shape index (κ2) is 6.49. The standard InChI is InChI=1S/C18H14ClN3O3/c1-10-3-6-16-13(7-10)14(8-11(2)20-16)18(23)21-12-4-5-15(19)17(9-12)22(24)25/h3-9H,1-2H3,(H,21,23). The third-order valence-electron chi connectivity index (χ3n) is 3.74. The summed E-state index contributed by atoms with van der Waals surface area (Å²) in [5.74, 6) is -0.363. The Kier molecular flexibility index (Phi) is 4.37. The first-order valence-corrected chi connectivity index (χ1v) is 7.86. The molecule has 2 aromatic carbocycles. The van der Waals surface area contributed by atoms with Gasteiger partial charge in [0.15, 0.2) is 0 Å². The third-order valence-corrected chi connectivity index (χ3v) is 4.06. The molecule has 0 unspecified atom stereocenters. The highest BCUT2D eigenvalue weighted by Gasteiger charge is 2.16. The third kappa shape index (κ3) is 3.44. The largest absolute Gasteiger partial charge is 0.322 e. The summed E-state index contributed by atoms with van der Waals surface area (Å²) in [5.41, 5.74) is 2.95. The molecule has 1 aromatic heterocycles. The molecular weight excluding hydrogens is 342 g/mol. The van der Waals surface area contributed by atoms with Crippen molar-refractivity contribution in [3.8, 4) is 0 Å². The molecule has 0 atom stereocenters. The summed E-state index contributed by atoms with van der Waals surface area (Å²) in [7, 11) is 0. The number of aryl methyl sites for hydroxylation is 2. The number of halogens is 1. The minimum Gasteiger partial charge on any atom is -0.322 e. The summed E-state index contributed by atoms with van der Waals surface area (Å²) in [6.45, 7) is 3.74. The molecule has 0 aliphatic carbocycles. The fourth-order valence-corrected chi connectivity index (χ4v) is 2.78. The van der Waals surface area contributed by atoms with Crippen LogP contribution in [0, 0.1) is 24.0 Å². The normalized spacial score (nSPS) is 10.7. The van der Waals surface area contributed by atoms with Crippen LogP contribution in [0.4, 0.5) is 11.4 Å². The van der Waals surface area contributed by atoms with E-state index in [0.717, 1.165) is 16.5 Å². The average Bonchev–Trinajstić information content (AvgIpc) is 2.56. The van der Waals surface area contributed by atoms with E-state index in [9.17, 15) is 14.9 Å². The molecule has 1 N–H and O–H groups in total. The second-order valence-corrected chi connectivity index (χ2v) is 6.12. The van der Waals surface area contributed by atoms with Crippen molar-refractivity contribution in [1.29, 1.82) is 0 Å². The number of benzene rings is 2. The van der Waals surface area contributed by atoms with E-state index in [1.807, 2.05) is 32.0 Å².